The molecule has 5 nitrogen and oxygen atoms in total. The minimum Gasteiger partial charge on any atom is -0.310 e. The molecule has 0 aromatic heterocycles. The Morgan fingerprint density at radius 2 is 1.59 bits per heavy atom. The van der Waals surface area contributed by atoms with Gasteiger partial charge in [0, 0.05) is 12.2 Å². The van der Waals surface area contributed by atoms with Gasteiger partial charge in [0.25, 0.3) is 10.0 Å². The van der Waals surface area contributed by atoms with E-state index in [9.17, 15) is 17.6 Å². The van der Waals surface area contributed by atoms with Crippen molar-refractivity contribution >= 4 is 27.3 Å². The summed E-state index contributed by atoms with van der Waals surface area (Å²) in [4.78, 5) is 14.6. The normalized spacial score (nSPS) is 13.2. The van der Waals surface area contributed by atoms with E-state index in [2.05, 4.69) is 0 Å². The maximum absolute atomic E-state index is 14.5. The number of rotatable bonds is 5. The largest absolute Gasteiger partial charge is 0.310 e. The van der Waals surface area contributed by atoms with Crippen molar-refractivity contribution in [1.82, 2.24) is 0 Å². The van der Waals surface area contributed by atoms with Crippen molar-refractivity contribution in [3.63, 3.8) is 0 Å². The highest BCUT2D eigenvalue weighted by Crippen LogP contribution is 2.30. The molecule has 1 heterocycles. The summed E-state index contributed by atoms with van der Waals surface area (Å²) < 4.78 is 41.9. The molecule has 0 saturated heterocycles. The van der Waals surface area contributed by atoms with E-state index in [1.165, 1.54) is 30.3 Å². The number of carbonyl (C=O) groups excluding carboxylic acids is 1. The highest BCUT2D eigenvalue weighted by atomic mass is 32.2. The molecule has 1 aliphatic heterocycles. The van der Waals surface area contributed by atoms with Gasteiger partial charge in [-0.2, -0.15) is 0 Å². The summed E-state index contributed by atoms with van der Waals surface area (Å²) in [5.41, 5.74) is 1.64. The van der Waals surface area contributed by atoms with Gasteiger partial charge in [-0.3, -0.25) is 9.10 Å². The van der Waals surface area contributed by atoms with Crippen LogP contribution in [0.2, 0.25) is 0 Å². The zero-order chi connectivity index (χ0) is 20.4. The van der Waals surface area contributed by atoms with Crippen LogP contribution in [-0.4, -0.2) is 27.4 Å². The molecule has 0 bridgehead atoms. The molecule has 148 valence electrons. The predicted molar refractivity (Wildman–Crippen MR) is 110 cm³/mol. The van der Waals surface area contributed by atoms with E-state index >= 15 is 0 Å². The van der Waals surface area contributed by atoms with Crippen LogP contribution in [0.15, 0.2) is 83.8 Å². The number of nitrogens with zero attached hydrogens (tertiary/aromatic N) is 2. The van der Waals surface area contributed by atoms with Crippen LogP contribution in [-0.2, 0) is 21.2 Å². The molecule has 0 radical (unpaired) electrons. The Balaban J connectivity index is 1.72. The van der Waals surface area contributed by atoms with Gasteiger partial charge in [0.05, 0.1) is 10.6 Å². The first-order chi connectivity index (χ1) is 14.0. The Morgan fingerprint density at radius 3 is 2.34 bits per heavy atom. The molecule has 0 unspecified atom stereocenters. The van der Waals surface area contributed by atoms with E-state index < -0.39 is 28.3 Å². The predicted octanol–water partition coefficient (Wildman–Crippen LogP) is 3.61. The van der Waals surface area contributed by atoms with Crippen LogP contribution >= 0.6 is 0 Å². The van der Waals surface area contributed by atoms with Gasteiger partial charge < -0.3 is 4.90 Å². The van der Waals surface area contributed by atoms with Crippen molar-refractivity contribution < 1.29 is 17.6 Å². The third-order valence-corrected chi connectivity index (χ3v) is 6.69. The van der Waals surface area contributed by atoms with Gasteiger partial charge in [-0.15, -0.1) is 0 Å². The lowest BCUT2D eigenvalue weighted by Gasteiger charge is -2.27. The van der Waals surface area contributed by atoms with Crippen molar-refractivity contribution in [2.45, 2.75) is 11.3 Å². The molecule has 3 aromatic rings. The Kier molecular flexibility index (Phi) is 5.07. The number of fused-ring (bicyclic) bond motifs is 1. The zero-order valence-electron chi connectivity index (χ0n) is 15.5. The lowest BCUT2D eigenvalue weighted by Crippen LogP contribution is -2.43. The molecule has 29 heavy (non-hydrogen) atoms. The maximum atomic E-state index is 14.5. The number of halogens is 1. The molecule has 4 rings (SSSR count). The monoisotopic (exact) mass is 410 g/mol. The quantitative estimate of drug-likeness (QED) is 0.646. The molecule has 1 aliphatic rings. The van der Waals surface area contributed by atoms with Gasteiger partial charge in [-0.1, -0.05) is 48.5 Å². The van der Waals surface area contributed by atoms with Crippen LogP contribution in [0.25, 0.3) is 0 Å². The van der Waals surface area contributed by atoms with E-state index in [1.54, 1.807) is 29.2 Å². The van der Waals surface area contributed by atoms with Crippen LogP contribution in [0.4, 0.5) is 15.8 Å². The van der Waals surface area contributed by atoms with E-state index in [0.29, 0.717) is 13.0 Å². The molecule has 0 fully saturated rings. The number of para-hydroxylation sites is 2. The molecular weight excluding hydrogens is 391 g/mol. The van der Waals surface area contributed by atoms with Gasteiger partial charge >= 0.3 is 0 Å². The summed E-state index contributed by atoms with van der Waals surface area (Å²) in [7, 11) is -4.13. The van der Waals surface area contributed by atoms with Crippen LogP contribution < -0.4 is 9.21 Å². The second kappa shape index (κ2) is 7.67. The molecule has 0 atom stereocenters. The first-order valence-corrected chi connectivity index (χ1v) is 10.6. The number of hydrogen-bond acceptors (Lipinski definition) is 3. The third-order valence-electron chi connectivity index (χ3n) is 4.92. The fourth-order valence-corrected chi connectivity index (χ4v) is 4.92. The number of hydrogen-bond donors (Lipinski definition) is 0. The third kappa shape index (κ3) is 3.61. The van der Waals surface area contributed by atoms with Gasteiger partial charge in [0.1, 0.15) is 12.4 Å². The standard InChI is InChI=1S/C22H19FN2O3S/c23-19-11-5-7-13-21(19)25(29(27,28)18-9-2-1-3-10-18)16-22(26)24-15-14-17-8-4-6-12-20(17)24/h1-13H,14-16H2. The average molecular weight is 410 g/mol. The van der Waals surface area contributed by atoms with Crippen LogP contribution in [0.3, 0.4) is 0 Å². The van der Waals surface area contributed by atoms with Crippen LogP contribution in [0.1, 0.15) is 5.56 Å². The molecule has 1 amide bonds. The van der Waals surface area contributed by atoms with Gasteiger partial charge in [0.2, 0.25) is 5.91 Å². The first kappa shape index (κ1) is 19.1. The number of benzene rings is 3. The van der Waals surface area contributed by atoms with Crippen molar-refractivity contribution in [1.29, 1.82) is 0 Å². The second-order valence-electron chi connectivity index (χ2n) is 6.70. The van der Waals surface area contributed by atoms with Crippen molar-refractivity contribution in [2.24, 2.45) is 0 Å². The summed E-state index contributed by atoms with van der Waals surface area (Å²) >= 11 is 0. The van der Waals surface area contributed by atoms with E-state index in [-0.39, 0.29) is 10.6 Å². The number of sulfonamides is 1. The van der Waals surface area contributed by atoms with Crippen molar-refractivity contribution in [2.75, 3.05) is 22.3 Å². The summed E-state index contributed by atoms with van der Waals surface area (Å²) in [5.74, 6) is -1.11. The molecule has 3 aromatic carbocycles. The second-order valence-corrected chi connectivity index (χ2v) is 8.56. The Hall–Kier alpha value is -3.19. The Morgan fingerprint density at radius 1 is 0.931 bits per heavy atom. The smallest absolute Gasteiger partial charge is 0.264 e. The minimum atomic E-state index is -4.13. The van der Waals surface area contributed by atoms with Crippen molar-refractivity contribution in [3.8, 4) is 0 Å². The lowest BCUT2D eigenvalue weighted by molar-refractivity contribution is -0.117. The zero-order valence-corrected chi connectivity index (χ0v) is 16.3. The lowest BCUT2D eigenvalue weighted by atomic mass is 10.2. The summed E-state index contributed by atoms with van der Waals surface area (Å²) in [5, 5.41) is 0. The number of amides is 1. The molecule has 0 saturated carbocycles. The topological polar surface area (TPSA) is 57.7 Å². The van der Waals surface area contributed by atoms with Gasteiger partial charge in [-0.25, -0.2) is 12.8 Å². The van der Waals surface area contributed by atoms with E-state index in [4.69, 9.17) is 0 Å². The highest BCUT2D eigenvalue weighted by molar-refractivity contribution is 7.92. The number of carbonyl (C=O) groups is 1. The summed E-state index contributed by atoms with van der Waals surface area (Å²) in [6.07, 6.45) is 0.701. The van der Waals surface area contributed by atoms with E-state index in [1.807, 2.05) is 24.3 Å². The van der Waals surface area contributed by atoms with Crippen molar-refractivity contribution in [3.05, 3.63) is 90.2 Å². The highest BCUT2D eigenvalue weighted by Gasteiger charge is 2.32. The minimum absolute atomic E-state index is 0.00197. The Bertz CT molecular complexity index is 1150. The number of anilines is 2. The molecule has 7 heteroatoms. The maximum Gasteiger partial charge on any atom is 0.264 e. The summed E-state index contributed by atoms with van der Waals surface area (Å²) in [6.45, 7) is -0.0266. The molecular formula is C22H19FN2O3S. The average Bonchev–Trinajstić information content (AvgIpc) is 3.17. The van der Waals surface area contributed by atoms with E-state index in [0.717, 1.165) is 15.6 Å². The van der Waals surface area contributed by atoms with Crippen LogP contribution in [0.5, 0.6) is 0 Å². The molecule has 0 aliphatic carbocycles. The summed E-state index contributed by atoms with van der Waals surface area (Å²) in [6, 6.07) is 20.8. The fraction of sp³-hybridized carbons (Fsp3) is 0.136. The van der Waals surface area contributed by atoms with Gasteiger partial charge in [0.15, 0.2) is 0 Å². The molecule has 0 spiro atoms. The Labute approximate surface area is 169 Å². The van der Waals surface area contributed by atoms with Gasteiger partial charge in [-0.05, 0) is 42.3 Å². The first-order valence-electron chi connectivity index (χ1n) is 9.19. The van der Waals surface area contributed by atoms with Crippen LogP contribution in [0, 0.1) is 5.82 Å². The molecule has 0 N–H and O–H groups in total. The SMILES string of the molecule is O=C(CN(c1ccccc1F)S(=O)(=O)c1ccccc1)N1CCc2ccccc21. The fourth-order valence-electron chi connectivity index (χ4n) is 3.48.